The Balaban J connectivity index is 1.66. The molecule has 0 radical (unpaired) electrons. The van der Waals surface area contributed by atoms with Gasteiger partial charge >= 0.3 is 0 Å². The molecule has 0 aliphatic heterocycles. The number of rotatable bonds is 5. The topological polar surface area (TPSA) is 74.2 Å². The second kappa shape index (κ2) is 5.63. The van der Waals surface area contributed by atoms with E-state index in [0.29, 0.717) is 24.4 Å². The molecule has 1 fully saturated rings. The average molecular weight is 293 g/mol. The number of nitrogens with zero attached hydrogens (tertiary/aromatic N) is 2. The summed E-state index contributed by atoms with van der Waals surface area (Å²) in [5, 5.41) is 3.97. The summed E-state index contributed by atoms with van der Waals surface area (Å²) in [6.45, 7) is 4.61. The first kappa shape index (κ1) is 13.7. The van der Waals surface area contributed by atoms with Crippen molar-refractivity contribution in [3.05, 3.63) is 22.3 Å². The second-order valence-corrected chi connectivity index (χ2v) is 6.56. The van der Waals surface area contributed by atoms with Crippen LogP contribution < -0.4 is 5.73 Å². The normalized spacial score (nSPS) is 17.1. The van der Waals surface area contributed by atoms with E-state index in [1.165, 1.54) is 16.9 Å². The number of ether oxygens (including phenoxy) is 1. The van der Waals surface area contributed by atoms with Gasteiger partial charge < -0.3 is 15.0 Å². The van der Waals surface area contributed by atoms with Crippen molar-refractivity contribution >= 4 is 11.3 Å². The van der Waals surface area contributed by atoms with E-state index in [-0.39, 0.29) is 6.04 Å². The molecule has 3 rings (SSSR count). The summed E-state index contributed by atoms with van der Waals surface area (Å²) in [5.74, 6) is 1.06. The molecule has 2 N–H and O–H groups in total. The van der Waals surface area contributed by atoms with Gasteiger partial charge in [0.1, 0.15) is 0 Å². The molecule has 2 aromatic rings. The van der Waals surface area contributed by atoms with Gasteiger partial charge in [-0.1, -0.05) is 5.16 Å². The third-order valence-electron chi connectivity index (χ3n) is 3.71. The van der Waals surface area contributed by atoms with Crippen molar-refractivity contribution in [3.8, 4) is 10.8 Å². The van der Waals surface area contributed by atoms with Crippen LogP contribution >= 0.6 is 11.3 Å². The Morgan fingerprint density at radius 3 is 2.90 bits per heavy atom. The zero-order valence-corrected chi connectivity index (χ0v) is 12.6. The van der Waals surface area contributed by atoms with Gasteiger partial charge in [-0.3, -0.25) is 0 Å². The smallest absolute Gasteiger partial charge is 0.268 e. The molecule has 20 heavy (non-hydrogen) atoms. The maximum absolute atomic E-state index is 6.04. The molecule has 108 valence electrons. The number of aryl methyl sites for hydroxylation is 2. The fourth-order valence-electron chi connectivity index (χ4n) is 2.02. The van der Waals surface area contributed by atoms with E-state index in [1.54, 1.807) is 11.3 Å². The van der Waals surface area contributed by atoms with Crippen LogP contribution in [0.4, 0.5) is 0 Å². The number of hydrogen-bond acceptors (Lipinski definition) is 6. The lowest BCUT2D eigenvalue weighted by molar-refractivity contribution is -0.00549. The van der Waals surface area contributed by atoms with Gasteiger partial charge in [0.2, 0.25) is 0 Å². The van der Waals surface area contributed by atoms with Gasteiger partial charge in [-0.2, -0.15) is 4.98 Å². The van der Waals surface area contributed by atoms with Crippen LogP contribution in [0.2, 0.25) is 0 Å². The highest BCUT2D eigenvalue weighted by Gasteiger charge is 2.22. The van der Waals surface area contributed by atoms with Crippen LogP contribution in [0.5, 0.6) is 0 Å². The third kappa shape index (κ3) is 2.77. The van der Waals surface area contributed by atoms with Gasteiger partial charge in [0, 0.05) is 4.88 Å². The Hall–Kier alpha value is -1.24. The number of nitrogens with two attached hydrogens (primary N) is 1. The van der Waals surface area contributed by atoms with Crippen LogP contribution in [0.15, 0.2) is 10.6 Å². The molecule has 1 aliphatic carbocycles. The standard InChI is InChI=1S/C14H19N3O2S/c1-8-6-12(20-9(8)2)14-16-13(17-19-14)11(15)7-18-10-4-3-5-10/h6,10-11H,3-5,7,15H2,1-2H3. The first-order valence-electron chi connectivity index (χ1n) is 6.91. The summed E-state index contributed by atoms with van der Waals surface area (Å²) in [6.07, 6.45) is 3.90. The minimum Gasteiger partial charge on any atom is -0.376 e. The quantitative estimate of drug-likeness (QED) is 0.917. The van der Waals surface area contributed by atoms with Crippen molar-refractivity contribution in [1.29, 1.82) is 0 Å². The van der Waals surface area contributed by atoms with E-state index in [4.69, 9.17) is 15.0 Å². The molecule has 0 bridgehead atoms. The highest BCUT2D eigenvalue weighted by Crippen LogP contribution is 2.30. The number of hydrogen-bond donors (Lipinski definition) is 1. The molecule has 5 nitrogen and oxygen atoms in total. The van der Waals surface area contributed by atoms with Gasteiger partial charge in [-0.05, 0) is 44.7 Å². The summed E-state index contributed by atoms with van der Waals surface area (Å²) in [6, 6.07) is 1.74. The lowest BCUT2D eigenvalue weighted by atomic mass is 9.96. The second-order valence-electron chi connectivity index (χ2n) is 5.30. The highest BCUT2D eigenvalue weighted by molar-refractivity contribution is 7.15. The van der Waals surface area contributed by atoms with Crippen LogP contribution in [-0.2, 0) is 4.74 Å². The van der Waals surface area contributed by atoms with Gasteiger partial charge in [0.15, 0.2) is 5.82 Å². The zero-order valence-electron chi connectivity index (χ0n) is 11.8. The lowest BCUT2D eigenvalue weighted by Gasteiger charge is -2.26. The van der Waals surface area contributed by atoms with Gasteiger partial charge in [-0.25, -0.2) is 0 Å². The SMILES string of the molecule is Cc1cc(-c2nc(C(N)COC3CCC3)no2)sc1C. The van der Waals surface area contributed by atoms with Crippen LogP contribution in [-0.4, -0.2) is 22.9 Å². The summed E-state index contributed by atoms with van der Waals surface area (Å²) in [4.78, 5) is 6.64. The van der Waals surface area contributed by atoms with Crippen LogP contribution in [0.3, 0.4) is 0 Å². The largest absolute Gasteiger partial charge is 0.376 e. The fourth-order valence-corrected chi connectivity index (χ4v) is 2.97. The van der Waals surface area contributed by atoms with Gasteiger partial charge in [0.05, 0.1) is 23.6 Å². The number of aromatic nitrogens is 2. The van der Waals surface area contributed by atoms with Crippen LogP contribution in [0.1, 0.15) is 41.6 Å². The van der Waals surface area contributed by atoms with Crippen molar-refractivity contribution in [3.63, 3.8) is 0 Å². The summed E-state index contributed by atoms with van der Waals surface area (Å²) in [7, 11) is 0. The molecule has 0 saturated heterocycles. The minimum absolute atomic E-state index is 0.324. The van der Waals surface area contributed by atoms with Gasteiger partial charge in [-0.15, -0.1) is 11.3 Å². The monoisotopic (exact) mass is 293 g/mol. The molecule has 2 aromatic heterocycles. The van der Waals surface area contributed by atoms with Crippen molar-refractivity contribution in [2.24, 2.45) is 5.73 Å². The molecule has 0 aromatic carbocycles. The van der Waals surface area contributed by atoms with Crippen molar-refractivity contribution in [2.45, 2.75) is 45.3 Å². The Bertz CT molecular complexity index is 570. The molecule has 0 amide bonds. The molecule has 1 atom stereocenters. The molecule has 0 spiro atoms. The Labute approximate surface area is 122 Å². The lowest BCUT2D eigenvalue weighted by Crippen LogP contribution is -2.27. The Morgan fingerprint density at radius 2 is 2.30 bits per heavy atom. The molecule has 6 heteroatoms. The maximum Gasteiger partial charge on any atom is 0.268 e. The van der Waals surface area contributed by atoms with E-state index in [9.17, 15) is 0 Å². The first-order chi connectivity index (χ1) is 9.63. The van der Waals surface area contributed by atoms with Crippen molar-refractivity contribution in [2.75, 3.05) is 6.61 Å². The van der Waals surface area contributed by atoms with Crippen LogP contribution in [0.25, 0.3) is 10.8 Å². The third-order valence-corrected chi connectivity index (χ3v) is 4.85. The summed E-state index contributed by atoms with van der Waals surface area (Å²) in [5.41, 5.74) is 7.28. The van der Waals surface area contributed by atoms with Gasteiger partial charge in [0.25, 0.3) is 5.89 Å². The zero-order chi connectivity index (χ0) is 14.1. The first-order valence-corrected chi connectivity index (χ1v) is 7.73. The maximum atomic E-state index is 6.04. The van der Waals surface area contributed by atoms with E-state index >= 15 is 0 Å². The van der Waals surface area contributed by atoms with Crippen LogP contribution in [0, 0.1) is 13.8 Å². The Kier molecular flexibility index (Phi) is 3.87. The molecule has 1 unspecified atom stereocenters. The predicted molar refractivity (Wildman–Crippen MR) is 77.6 cm³/mol. The molecule has 2 heterocycles. The number of thiophene rings is 1. The Morgan fingerprint density at radius 1 is 1.50 bits per heavy atom. The van der Waals surface area contributed by atoms with Crippen molar-refractivity contribution < 1.29 is 9.26 Å². The van der Waals surface area contributed by atoms with E-state index in [1.807, 2.05) is 0 Å². The molecule has 1 saturated carbocycles. The molecular formula is C14H19N3O2S. The predicted octanol–water partition coefficient (Wildman–Crippen LogP) is 2.98. The molecular weight excluding hydrogens is 274 g/mol. The molecule has 1 aliphatic rings. The van der Waals surface area contributed by atoms with E-state index < -0.39 is 0 Å². The fraction of sp³-hybridized carbons (Fsp3) is 0.571. The minimum atomic E-state index is -0.324. The van der Waals surface area contributed by atoms with E-state index in [0.717, 1.165) is 17.7 Å². The van der Waals surface area contributed by atoms with E-state index in [2.05, 4.69) is 30.1 Å². The highest BCUT2D eigenvalue weighted by atomic mass is 32.1. The summed E-state index contributed by atoms with van der Waals surface area (Å²) >= 11 is 1.66. The summed E-state index contributed by atoms with van der Waals surface area (Å²) < 4.78 is 11.0. The van der Waals surface area contributed by atoms with Crippen molar-refractivity contribution in [1.82, 2.24) is 10.1 Å². The average Bonchev–Trinajstić information content (AvgIpc) is 2.95.